The van der Waals surface area contributed by atoms with Crippen LogP contribution < -0.4 is 5.32 Å². The van der Waals surface area contributed by atoms with E-state index in [9.17, 15) is 4.79 Å². The van der Waals surface area contributed by atoms with Crippen LogP contribution in [0, 0.1) is 6.92 Å². The minimum absolute atomic E-state index is 0.0395. The van der Waals surface area contributed by atoms with Crippen molar-refractivity contribution in [3.05, 3.63) is 40.0 Å². The Hall–Kier alpha value is -1.95. The predicted molar refractivity (Wildman–Crippen MR) is 81.3 cm³/mol. The predicted octanol–water partition coefficient (Wildman–Crippen LogP) is 2.20. The lowest BCUT2D eigenvalue weighted by Gasteiger charge is -2.10. The largest absolute Gasteiger partial charge is 0.370 e. The molecule has 0 saturated carbocycles. The van der Waals surface area contributed by atoms with E-state index in [1.807, 2.05) is 13.0 Å². The molecule has 0 aliphatic rings. The van der Waals surface area contributed by atoms with Crippen LogP contribution in [0.4, 0.5) is 5.82 Å². The first-order valence-electron chi connectivity index (χ1n) is 6.39. The lowest BCUT2D eigenvalue weighted by Crippen LogP contribution is -2.21. The second kappa shape index (κ2) is 6.47. The molecule has 5 nitrogen and oxygen atoms in total. The molecule has 2 heterocycles. The van der Waals surface area contributed by atoms with Crippen molar-refractivity contribution in [2.24, 2.45) is 0 Å². The summed E-state index contributed by atoms with van der Waals surface area (Å²) in [6.45, 7) is 2.77. The number of hydrogen-bond donors (Lipinski definition) is 1. The smallest absolute Gasteiger partial charge is 0.254 e. The topological polar surface area (TPSA) is 58.1 Å². The highest BCUT2D eigenvalue weighted by atomic mass is 32.1. The number of rotatable bonds is 5. The Balaban J connectivity index is 1.86. The number of hydrogen-bond acceptors (Lipinski definition) is 5. The van der Waals surface area contributed by atoms with Crippen LogP contribution in [0.3, 0.4) is 0 Å². The average molecular weight is 290 g/mol. The summed E-state index contributed by atoms with van der Waals surface area (Å²) < 4.78 is 0. The zero-order valence-electron chi connectivity index (χ0n) is 11.9. The molecule has 1 amide bonds. The number of nitrogens with zero attached hydrogens (tertiary/aromatic N) is 3. The van der Waals surface area contributed by atoms with Crippen LogP contribution in [-0.4, -0.2) is 41.4 Å². The first-order valence-corrected chi connectivity index (χ1v) is 7.27. The van der Waals surface area contributed by atoms with E-state index in [0.717, 1.165) is 29.5 Å². The monoisotopic (exact) mass is 290 g/mol. The third-order valence-electron chi connectivity index (χ3n) is 2.73. The summed E-state index contributed by atoms with van der Waals surface area (Å²) in [5.41, 5.74) is 1.66. The fourth-order valence-electron chi connectivity index (χ4n) is 1.70. The molecule has 0 saturated heterocycles. The van der Waals surface area contributed by atoms with E-state index < -0.39 is 0 Å². The van der Waals surface area contributed by atoms with Gasteiger partial charge in [0.15, 0.2) is 0 Å². The molecule has 0 aliphatic carbocycles. The number of aromatic nitrogens is 2. The molecule has 0 spiro atoms. The molecule has 0 radical (unpaired) electrons. The highest BCUT2D eigenvalue weighted by Gasteiger charge is 2.07. The van der Waals surface area contributed by atoms with Gasteiger partial charge in [-0.2, -0.15) is 0 Å². The van der Waals surface area contributed by atoms with E-state index in [-0.39, 0.29) is 5.91 Å². The van der Waals surface area contributed by atoms with Crippen LogP contribution in [0.25, 0.3) is 0 Å². The molecular formula is C14H18N4OS. The zero-order chi connectivity index (χ0) is 14.5. The Morgan fingerprint density at radius 2 is 2.20 bits per heavy atom. The lowest BCUT2D eigenvalue weighted by molar-refractivity contribution is 0.0827. The van der Waals surface area contributed by atoms with Gasteiger partial charge in [0.2, 0.25) is 0 Å². The number of aryl methyl sites for hydroxylation is 1. The number of thiazole rings is 1. The van der Waals surface area contributed by atoms with Gasteiger partial charge in [0, 0.05) is 44.3 Å². The Morgan fingerprint density at radius 1 is 1.40 bits per heavy atom. The van der Waals surface area contributed by atoms with Crippen molar-refractivity contribution in [2.75, 3.05) is 26.0 Å². The molecule has 0 aromatic carbocycles. The number of pyridine rings is 1. The summed E-state index contributed by atoms with van der Waals surface area (Å²) in [6.07, 6.45) is 2.47. The number of carbonyl (C=O) groups excluding carboxylic acids is 1. The fraction of sp³-hybridized carbons (Fsp3) is 0.357. The maximum Gasteiger partial charge on any atom is 0.254 e. The third kappa shape index (κ3) is 3.77. The van der Waals surface area contributed by atoms with E-state index >= 15 is 0 Å². The minimum Gasteiger partial charge on any atom is -0.370 e. The normalized spacial score (nSPS) is 10.3. The average Bonchev–Trinajstić information content (AvgIpc) is 2.84. The molecule has 6 heteroatoms. The fourth-order valence-corrected chi connectivity index (χ4v) is 2.47. The highest BCUT2D eigenvalue weighted by Crippen LogP contribution is 2.10. The van der Waals surface area contributed by atoms with Crippen LogP contribution in [0.15, 0.2) is 23.7 Å². The van der Waals surface area contributed by atoms with Gasteiger partial charge in [-0.05, 0) is 19.1 Å². The molecule has 2 aromatic rings. The third-order valence-corrected chi connectivity index (χ3v) is 3.75. The van der Waals surface area contributed by atoms with Crippen molar-refractivity contribution in [1.29, 1.82) is 0 Å². The Labute approximate surface area is 122 Å². The SMILES string of the molecule is Cc1csc(CCNc2ccc(C(=O)N(C)C)cn2)n1. The van der Waals surface area contributed by atoms with Gasteiger partial charge in [-0.1, -0.05) is 0 Å². The van der Waals surface area contributed by atoms with E-state index in [1.54, 1.807) is 37.7 Å². The molecule has 2 rings (SSSR count). The Bertz CT molecular complexity index is 577. The minimum atomic E-state index is -0.0395. The number of amides is 1. The van der Waals surface area contributed by atoms with Gasteiger partial charge in [-0.25, -0.2) is 9.97 Å². The van der Waals surface area contributed by atoms with Crippen molar-refractivity contribution in [3.63, 3.8) is 0 Å². The first kappa shape index (κ1) is 14.5. The van der Waals surface area contributed by atoms with Gasteiger partial charge in [-0.3, -0.25) is 4.79 Å². The van der Waals surface area contributed by atoms with E-state index in [4.69, 9.17) is 0 Å². The molecule has 20 heavy (non-hydrogen) atoms. The van der Waals surface area contributed by atoms with E-state index in [2.05, 4.69) is 20.7 Å². The Morgan fingerprint density at radius 3 is 2.75 bits per heavy atom. The molecular weight excluding hydrogens is 272 g/mol. The summed E-state index contributed by atoms with van der Waals surface area (Å²) in [7, 11) is 3.45. The van der Waals surface area contributed by atoms with Crippen LogP contribution in [-0.2, 0) is 6.42 Å². The summed E-state index contributed by atoms with van der Waals surface area (Å²) in [5.74, 6) is 0.732. The second-order valence-corrected chi connectivity index (χ2v) is 5.63. The van der Waals surface area contributed by atoms with E-state index in [1.165, 1.54) is 4.90 Å². The van der Waals surface area contributed by atoms with Gasteiger partial charge in [0.1, 0.15) is 5.82 Å². The molecule has 0 aliphatic heterocycles. The highest BCUT2D eigenvalue weighted by molar-refractivity contribution is 7.09. The van der Waals surface area contributed by atoms with Crippen LogP contribution in [0.5, 0.6) is 0 Å². The van der Waals surface area contributed by atoms with Crippen LogP contribution in [0.2, 0.25) is 0 Å². The molecule has 2 aromatic heterocycles. The molecule has 0 unspecified atom stereocenters. The lowest BCUT2D eigenvalue weighted by atomic mass is 10.2. The van der Waals surface area contributed by atoms with Gasteiger partial charge in [-0.15, -0.1) is 11.3 Å². The van der Waals surface area contributed by atoms with Crippen molar-refractivity contribution in [3.8, 4) is 0 Å². The molecule has 0 bridgehead atoms. The Kier molecular flexibility index (Phi) is 4.68. The van der Waals surface area contributed by atoms with E-state index in [0.29, 0.717) is 5.56 Å². The summed E-state index contributed by atoms with van der Waals surface area (Å²) in [4.78, 5) is 21.9. The van der Waals surface area contributed by atoms with Gasteiger partial charge in [0.25, 0.3) is 5.91 Å². The van der Waals surface area contributed by atoms with Crippen molar-refractivity contribution in [2.45, 2.75) is 13.3 Å². The summed E-state index contributed by atoms with van der Waals surface area (Å²) in [6, 6.07) is 3.61. The zero-order valence-corrected chi connectivity index (χ0v) is 12.7. The molecule has 0 fully saturated rings. The maximum absolute atomic E-state index is 11.7. The molecule has 1 N–H and O–H groups in total. The van der Waals surface area contributed by atoms with Gasteiger partial charge >= 0.3 is 0 Å². The van der Waals surface area contributed by atoms with Crippen LogP contribution in [0.1, 0.15) is 21.1 Å². The standard InChI is InChI=1S/C14H18N4OS/c1-10-9-20-13(17-10)6-7-15-12-5-4-11(8-16-12)14(19)18(2)3/h4-5,8-9H,6-7H2,1-3H3,(H,15,16). The maximum atomic E-state index is 11.7. The van der Waals surface area contributed by atoms with Crippen molar-refractivity contribution >= 4 is 23.1 Å². The number of anilines is 1. The van der Waals surface area contributed by atoms with Crippen LogP contribution >= 0.6 is 11.3 Å². The number of nitrogens with one attached hydrogen (secondary N) is 1. The number of carbonyl (C=O) groups is 1. The van der Waals surface area contributed by atoms with Gasteiger partial charge < -0.3 is 10.2 Å². The summed E-state index contributed by atoms with van der Waals surface area (Å²) in [5, 5.41) is 6.40. The second-order valence-electron chi connectivity index (χ2n) is 4.69. The quantitative estimate of drug-likeness (QED) is 0.917. The van der Waals surface area contributed by atoms with Gasteiger partial charge in [0.05, 0.1) is 10.6 Å². The first-order chi connectivity index (χ1) is 9.56. The molecule has 106 valence electrons. The summed E-state index contributed by atoms with van der Waals surface area (Å²) >= 11 is 1.67. The van der Waals surface area contributed by atoms with Crippen molar-refractivity contribution in [1.82, 2.24) is 14.9 Å². The van der Waals surface area contributed by atoms with Crippen molar-refractivity contribution < 1.29 is 4.79 Å². The molecule has 0 atom stereocenters.